The lowest BCUT2D eigenvalue weighted by molar-refractivity contribution is -0.116. The maximum Gasteiger partial charge on any atom is 0.226 e. The summed E-state index contributed by atoms with van der Waals surface area (Å²) in [5.41, 5.74) is 8.22. The number of nitrogens with one attached hydrogen (secondary N) is 2. The second-order valence-corrected chi connectivity index (χ2v) is 7.37. The topological polar surface area (TPSA) is 62.7 Å². The largest absolute Gasteiger partial charge is 0.358 e. The van der Waals surface area contributed by atoms with Gasteiger partial charge in [0.1, 0.15) is 0 Å². The number of H-pyrrole nitrogens is 1. The molecular weight excluding hydrogens is 324 g/mol. The van der Waals surface area contributed by atoms with E-state index in [1.807, 2.05) is 17.7 Å². The van der Waals surface area contributed by atoms with Crippen LogP contribution in [0.1, 0.15) is 47.5 Å². The van der Waals surface area contributed by atoms with Gasteiger partial charge < -0.3 is 10.3 Å². The Morgan fingerprint density at radius 1 is 1.23 bits per heavy atom. The molecule has 3 aromatic rings. The van der Waals surface area contributed by atoms with Crippen LogP contribution in [0, 0.1) is 20.8 Å². The van der Waals surface area contributed by atoms with Gasteiger partial charge in [0, 0.05) is 40.9 Å². The monoisotopic (exact) mass is 350 g/mol. The number of amides is 1. The van der Waals surface area contributed by atoms with Gasteiger partial charge in [-0.15, -0.1) is 0 Å². The van der Waals surface area contributed by atoms with E-state index in [-0.39, 0.29) is 5.91 Å². The third-order valence-electron chi connectivity index (χ3n) is 5.68. The standard InChI is InChI=1S/C21H26N4O/c1-13-14(2)24-25(15(13)3)11-10-21(26)22-16-8-9-20-18(12-16)17-6-4-5-7-19(17)23-20/h8-9,12,23H,4-7,10-11H2,1-3H3,(H,22,26). The Kier molecular flexibility index (Phi) is 4.31. The van der Waals surface area contributed by atoms with Crippen molar-refractivity contribution in [2.24, 2.45) is 0 Å². The van der Waals surface area contributed by atoms with E-state index in [9.17, 15) is 4.79 Å². The van der Waals surface area contributed by atoms with Crippen LogP contribution < -0.4 is 5.32 Å². The minimum atomic E-state index is 0.0268. The van der Waals surface area contributed by atoms with Crippen molar-refractivity contribution in [2.45, 2.75) is 59.4 Å². The summed E-state index contributed by atoms with van der Waals surface area (Å²) in [6, 6.07) is 6.17. The van der Waals surface area contributed by atoms with Crippen molar-refractivity contribution in [3.05, 3.63) is 46.4 Å². The molecule has 0 spiro atoms. The Labute approximate surface area is 153 Å². The number of hydrogen-bond donors (Lipinski definition) is 2. The van der Waals surface area contributed by atoms with Gasteiger partial charge in [0.05, 0.1) is 5.69 Å². The molecule has 2 aromatic heterocycles. The van der Waals surface area contributed by atoms with E-state index in [0.29, 0.717) is 13.0 Å². The summed E-state index contributed by atoms with van der Waals surface area (Å²) in [6.45, 7) is 6.73. The molecule has 0 saturated heterocycles. The Morgan fingerprint density at radius 3 is 2.81 bits per heavy atom. The Balaban J connectivity index is 1.46. The van der Waals surface area contributed by atoms with Crippen molar-refractivity contribution in [1.29, 1.82) is 0 Å². The summed E-state index contributed by atoms with van der Waals surface area (Å²) in [4.78, 5) is 15.9. The lowest BCUT2D eigenvalue weighted by Crippen LogP contribution is -2.15. The van der Waals surface area contributed by atoms with Crippen molar-refractivity contribution < 1.29 is 4.79 Å². The van der Waals surface area contributed by atoms with E-state index in [4.69, 9.17) is 0 Å². The molecule has 4 rings (SSSR count). The van der Waals surface area contributed by atoms with E-state index < -0.39 is 0 Å². The summed E-state index contributed by atoms with van der Waals surface area (Å²) >= 11 is 0. The van der Waals surface area contributed by atoms with Crippen LogP contribution in [-0.2, 0) is 24.2 Å². The molecule has 2 N–H and O–H groups in total. The van der Waals surface area contributed by atoms with Gasteiger partial charge in [-0.1, -0.05) is 0 Å². The van der Waals surface area contributed by atoms with Crippen LogP contribution >= 0.6 is 0 Å². The second-order valence-electron chi connectivity index (χ2n) is 7.37. The van der Waals surface area contributed by atoms with Gasteiger partial charge >= 0.3 is 0 Å². The van der Waals surface area contributed by atoms with E-state index in [2.05, 4.69) is 41.4 Å². The normalized spacial score (nSPS) is 13.8. The summed E-state index contributed by atoms with van der Waals surface area (Å²) in [5.74, 6) is 0.0268. The lowest BCUT2D eigenvalue weighted by atomic mass is 9.95. The molecule has 1 aliphatic rings. The summed E-state index contributed by atoms with van der Waals surface area (Å²) in [5, 5.41) is 8.81. The molecule has 0 bridgehead atoms. The van der Waals surface area contributed by atoms with E-state index in [0.717, 1.165) is 29.9 Å². The van der Waals surface area contributed by atoms with Crippen molar-refractivity contribution >= 4 is 22.5 Å². The van der Waals surface area contributed by atoms with Crippen molar-refractivity contribution in [3.8, 4) is 0 Å². The number of benzene rings is 1. The van der Waals surface area contributed by atoms with Crippen molar-refractivity contribution in [2.75, 3.05) is 5.32 Å². The number of nitrogens with zero attached hydrogens (tertiary/aromatic N) is 2. The number of aryl methyl sites for hydroxylation is 4. The van der Waals surface area contributed by atoms with Gasteiger partial charge in [-0.25, -0.2) is 0 Å². The van der Waals surface area contributed by atoms with E-state index in [1.165, 1.54) is 40.6 Å². The minimum Gasteiger partial charge on any atom is -0.358 e. The summed E-state index contributed by atoms with van der Waals surface area (Å²) in [6.07, 6.45) is 5.19. The van der Waals surface area contributed by atoms with Gasteiger partial charge in [-0.3, -0.25) is 9.48 Å². The first kappa shape index (κ1) is 16.9. The molecule has 5 heteroatoms. The average Bonchev–Trinajstić information content (AvgIpc) is 3.12. The van der Waals surface area contributed by atoms with Gasteiger partial charge in [0.15, 0.2) is 0 Å². The second kappa shape index (κ2) is 6.63. The zero-order valence-corrected chi connectivity index (χ0v) is 15.8. The maximum absolute atomic E-state index is 12.4. The maximum atomic E-state index is 12.4. The van der Waals surface area contributed by atoms with Crippen LogP contribution in [0.4, 0.5) is 5.69 Å². The number of fused-ring (bicyclic) bond motifs is 3. The molecule has 0 atom stereocenters. The fourth-order valence-electron chi connectivity index (χ4n) is 3.92. The fourth-order valence-corrected chi connectivity index (χ4v) is 3.92. The number of anilines is 1. The van der Waals surface area contributed by atoms with Gasteiger partial charge in [0.2, 0.25) is 5.91 Å². The SMILES string of the molecule is Cc1nn(CCC(=O)Nc2ccc3[nH]c4c(c3c2)CCCC4)c(C)c1C. The molecule has 1 aromatic carbocycles. The van der Waals surface area contributed by atoms with Crippen molar-refractivity contribution in [3.63, 3.8) is 0 Å². The number of aromatic amines is 1. The first-order chi connectivity index (χ1) is 12.5. The Hall–Kier alpha value is -2.56. The molecule has 5 nitrogen and oxygen atoms in total. The summed E-state index contributed by atoms with van der Waals surface area (Å²) in [7, 11) is 0. The minimum absolute atomic E-state index is 0.0268. The molecule has 1 aliphatic carbocycles. The van der Waals surface area contributed by atoms with Gasteiger partial charge in [-0.2, -0.15) is 5.10 Å². The highest BCUT2D eigenvalue weighted by Crippen LogP contribution is 2.30. The molecule has 0 fully saturated rings. The highest BCUT2D eigenvalue weighted by molar-refractivity contribution is 5.95. The van der Waals surface area contributed by atoms with Crippen molar-refractivity contribution in [1.82, 2.24) is 14.8 Å². The van der Waals surface area contributed by atoms with Gasteiger partial charge in [0.25, 0.3) is 0 Å². The average molecular weight is 350 g/mol. The molecule has 136 valence electrons. The van der Waals surface area contributed by atoms with E-state index in [1.54, 1.807) is 0 Å². The first-order valence-corrected chi connectivity index (χ1v) is 9.47. The number of carbonyl (C=O) groups excluding carboxylic acids is 1. The molecule has 0 radical (unpaired) electrons. The molecule has 2 heterocycles. The van der Waals surface area contributed by atoms with Crippen LogP contribution in [0.5, 0.6) is 0 Å². The lowest BCUT2D eigenvalue weighted by Gasteiger charge is -2.11. The number of aromatic nitrogens is 3. The van der Waals surface area contributed by atoms with Crippen LogP contribution in [0.25, 0.3) is 10.9 Å². The van der Waals surface area contributed by atoms with Crippen LogP contribution in [0.15, 0.2) is 18.2 Å². The predicted molar refractivity (Wildman–Crippen MR) is 105 cm³/mol. The predicted octanol–water partition coefficient (Wildman–Crippen LogP) is 4.20. The Morgan fingerprint density at radius 2 is 2.04 bits per heavy atom. The molecule has 0 saturated carbocycles. The van der Waals surface area contributed by atoms with Gasteiger partial charge in [-0.05, 0) is 75.8 Å². The molecule has 0 unspecified atom stereocenters. The number of carbonyl (C=O) groups is 1. The quantitative estimate of drug-likeness (QED) is 0.741. The summed E-state index contributed by atoms with van der Waals surface area (Å²) < 4.78 is 1.93. The van der Waals surface area contributed by atoms with Crippen LogP contribution in [-0.4, -0.2) is 20.7 Å². The fraction of sp³-hybridized carbons (Fsp3) is 0.429. The third-order valence-corrected chi connectivity index (χ3v) is 5.68. The molecule has 1 amide bonds. The number of rotatable bonds is 4. The zero-order chi connectivity index (χ0) is 18.3. The smallest absolute Gasteiger partial charge is 0.226 e. The number of hydrogen-bond acceptors (Lipinski definition) is 2. The zero-order valence-electron chi connectivity index (χ0n) is 15.8. The molecule has 0 aliphatic heterocycles. The Bertz CT molecular complexity index is 980. The highest BCUT2D eigenvalue weighted by atomic mass is 16.1. The van der Waals surface area contributed by atoms with Crippen LogP contribution in [0.3, 0.4) is 0 Å². The molecule has 26 heavy (non-hydrogen) atoms. The highest BCUT2D eigenvalue weighted by Gasteiger charge is 2.16. The first-order valence-electron chi connectivity index (χ1n) is 9.47. The van der Waals surface area contributed by atoms with Crippen LogP contribution in [0.2, 0.25) is 0 Å². The third kappa shape index (κ3) is 3.02. The molecular formula is C21H26N4O. The van der Waals surface area contributed by atoms with E-state index >= 15 is 0 Å².